The SMILES string of the molecule is CC(C)CNCCN(C)CCC1CCC1. The van der Waals surface area contributed by atoms with Crippen molar-refractivity contribution in [1.82, 2.24) is 10.2 Å². The Morgan fingerprint density at radius 1 is 1.27 bits per heavy atom. The fraction of sp³-hybridized carbons (Fsp3) is 1.00. The lowest BCUT2D eigenvalue weighted by molar-refractivity contribution is 0.238. The second kappa shape index (κ2) is 7.24. The van der Waals surface area contributed by atoms with Gasteiger partial charge in [0.1, 0.15) is 0 Å². The Kier molecular flexibility index (Phi) is 6.26. The molecule has 90 valence electrons. The summed E-state index contributed by atoms with van der Waals surface area (Å²) in [5, 5.41) is 3.49. The molecule has 1 saturated carbocycles. The van der Waals surface area contributed by atoms with Crippen molar-refractivity contribution < 1.29 is 0 Å². The fourth-order valence-electron chi connectivity index (χ4n) is 1.96. The summed E-state index contributed by atoms with van der Waals surface area (Å²) in [6, 6.07) is 0. The van der Waals surface area contributed by atoms with E-state index in [9.17, 15) is 0 Å². The lowest BCUT2D eigenvalue weighted by Crippen LogP contribution is -2.32. The molecule has 0 amide bonds. The zero-order valence-corrected chi connectivity index (χ0v) is 10.8. The molecule has 0 atom stereocenters. The molecule has 0 aromatic rings. The number of hydrogen-bond donors (Lipinski definition) is 1. The molecule has 2 heteroatoms. The van der Waals surface area contributed by atoms with Gasteiger partial charge >= 0.3 is 0 Å². The normalized spacial score (nSPS) is 17.4. The number of likely N-dealkylation sites (N-methyl/N-ethyl adjacent to an activating group) is 1. The Labute approximate surface area is 95.4 Å². The van der Waals surface area contributed by atoms with Crippen LogP contribution in [0.1, 0.15) is 39.5 Å². The molecule has 1 aliphatic carbocycles. The van der Waals surface area contributed by atoms with Gasteiger partial charge in [-0.05, 0) is 38.4 Å². The van der Waals surface area contributed by atoms with Crippen molar-refractivity contribution in [3.8, 4) is 0 Å². The van der Waals surface area contributed by atoms with Crippen molar-refractivity contribution in [3.63, 3.8) is 0 Å². The van der Waals surface area contributed by atoms with Crippen LogP contribution in [0.3, 0.4) is 0 Å². The van der Waals surface area contributed by atoms with Crippen molar-refractivity contribution in [2.45, 2.75) is 39.5 Å². The zero-order valence-electron chi connectivity index (χ0n) is 10.8. The van der Waals surface area contributed by atoms with Gasteiger partial charge < -0.3 is 10.2 Å². The summed E-state index contributed by atoms with van der Waals surface area (Å²) in [5.41, 5.74) is 0. The zero-order chi connectivity index (χ0) is 11.1. The number of nitrogens with zero attached hydrogens (tertiary/aromatic N) is 1. The van der Waals surface area contributed by atoms with Gasteiger partial charge in [-0.2, -0.15) is 0 Å². The van der Waals surface area contributed by atoms with E-state index in [4.69, 9.17) is 0 Å². The number of nitrogens with one attached hydrogen (secondary N) is 1. The lowest BCUT2D eigenvalue weighted by Gasteiger charge is -2.27. The number of hydrogen-bond acceptors (Lipinski definition) is 2. The minimum absolute atomic E-state index is 0.769. The van der Waals surface area contributed by atoms with E-state index < -0.39 is 0 Å². The highest BCUT2D eigenvalue weighted by Crippen LogP contribution is 2.29. The summed E-state index contributed by atoms with van der Waals surface area (Å²) in [6.07, 6.45) is 5.86. The third kappa shape index (κ3) is 6.16. The summed E-state index contributed by atoms with van der Waals surface area (Å²) in [7, 11) is 2.25. The van der Waals surface area contributed by atoms with E-state index in [1.54, 1.807) is 0 Å². The maximum absolute atomic E-state index is 3.49. The molecule has 1 fully saturated rings. The summed E-state index contributed by atoms with van der Waals surface area (Å²) >= 11 is 0. The average molecular weight is 212 g/mol. The van der Waals surface area contributed by atoms with Crippen LogP contribution >= 0.6 is 0 Å². The van der Waals surface area contributed by atoms with Gasteiger partial charge in [0.05, 0.1) is 0 Å². The molecular weight excluding hydrogens is 184 g/mol. The van der Waals surface area contributed by atoms with Crippen LogP contribution in [0.15, 0.2) is 0 Å². The van der Waals surface area contributed by atoms with Crippen LogP contribution in [-0.4, -0.2) is 38.1 Å². The molecule has 0 bridgehead atoms. The molecule has 0 unspecified atom stereocenters. The van der Waals surface area contributed by atoms with E-state index in [1.165, 1.54) is 38.8 Å². The quantitative estimate of drug-likeness (QED) is 0.621. The maximum atomic E-state index is 3.49. The molecular formula is C13H28N2. The summed E-state index contributed by atoms with van der Waals surface area (Å²) in [4.78, 5) is 2.46. The van der Waals surface area contributed by atoms with E-state index in [0.29, 0.717) is 0 Å². The second-order valence-electron chi connectivity index (χ2n) is 5.49. The topological polar surface area (TPSA) is 15.3 Å². The molecule has 0 radical (unpaired) electrons. The Balaban J connectivity index is 1.86. The van der Waals surface area contributed by atoms with Crippen LogP contribution in [0, 0.1) is 11.8 Å². The second-order valence-corrected chi connectivity index (χ2v) is 5.49. The standard InChI is InChI=1S/C13H28N2/c1-12(2)11-14-8-10-15(3)9-7-13-5-4-6-13/h12-14H,4-11H2,1-3H3. The summed E-state index contributed by atoms with van der Waals surface area (Å²) in [5.74, 6) is 1.82. The van der Waals surface area contributed by atoms with Gasteiger partial charge in [0.25, 0.3) is 0 Å². The minimum atomic E-state index is 0.769. The monoisotopic (exact) mass is 212 g/mol. The molecule has 1 aliphatic rings. The third-order valence-electron chi connectivity index (χ3n) is 3.37. The van der Waals surface area contributed by atoms with Crippen molar-refractivity contribution in [2.75, 3.05) is 33.2 Å². The van der Waals surface area contributed by atoms with Gasteiger partial charge in [-0.3, -0.25) is 0 Å². The molecule has 0 saturated heterocycles. The molecule has 2 nitrogen and oxygen atoms in total. The molecule has 15 heavy (non-hydrogen) atoms. The van der Waals surface area contributed by atoms with Gasteiger partial charge in [0.15, 0.2) is 0 Å². The van der Waals surface area contributed by atoms with Gasteiger partial charge in [0, 0.05) is 13.1 Å². The first-order valence-electron chi connectivity index (χ1n) is 6.57. The van der Waals surface area contributed by atoms with Crippen molar-refractivity contribution >= 4 is 0 Å². The largest absolute Gasteiger partial charge is 0.315 e. The first kappa shape index (κ1) is 13.0. The molecule has 0 aliphatic heterocycles. The average Bonchev–Trinajstić information content (AvgIpc) is 2.09. The van der Waals surface area contributed by atoms with E-state index in [0.717, 1.165) is 24.9 Å². The highest BCUT2D eigenvalue weighted by molar-refractivity contribution is 4.70. The summed E-state index contributed by atoms with van der Waals surface area (Å²) < 4.78 is 0. The predicted molar refractivity (Wildman–Crippen MR) is 67.2 cm³/mol. The van der Waals surface area contributed by atoms with Crippen molar-refractivity contribution in [1.29, 1.82) is 0 Å². The predicted octanol–water partition coefficient (Wildman–Crippen LogP) is 2.35. The van der Waals surface area contributed by atoms with E-state index >= 15 is 0 Å². The van der Waals surface area contributed by atoms with Crippen LogP contribution in [-0.2, 0) is 0 Å². The maximum Gasteiger partial charge on any atom is 0.0104 e. The van der Waals surface area contributed by atoms with Crippen LogP contribution in [0.2, 0.25) is 0 Å². The van der Waals surface area contributed by atoms with Gasteiger partial charge in [0.2, 0.25) is 0 Å². The first-order valence-corrected chi connectivity index (χ1v) is 6.57. The van der Waals surface area contributed by atoms with Crippen LogP contribution in [0.5, 0.6) is 0 Å². The highest BCUT2D eigenvalue weighted by atomic mass is 15.1. The molecule has 1 rings (SSSR count). The van der Waals surface area contributed by atoms with E-state index in [1.807, 2.05) is 0 Å². The summed E-state index contributed by atoms with van der Waals surface area (Å²) in [6.45, 7) is 9.28. The van der Waals surface area contributed by atoms with Gasteiger partial charge in [-0.1, -0.05) is 33.1 Å². The Morgan fingerprint density at radius 3 is 2.53 bits per heavy atom. The first-order chi connectivity index (χ1) is 7.18. The lowest BCUT2D eigenvalue weighted by atomic mass is 9.83. The molecule has 0 aromatic heterocycles. The molecule has 0 aromatic carbocycles. The third-order valence-corrected chi connectivity index (χ3v) is 3.37. The van der Waals surface area contributed by atoms with E-state index in [-0.39, 0.29) is 0 Å². The molecule has 0 heterocycles. The highest BCUT2D eigenvalue weighted by Gasteiger charge is 2.17. The smallest absolute Gasteiger partial charge is 0.0104 e. The van der Waals surface area contributed by atoms with Gasteiger partial charge in [-0.25, -0.2) is 0 Å². The Morgan fingerprint density at radius 2 is 2.00 bits per heavy atom. The molecule has 1 N–H and O–H groups in total. The Bertz CT molecular complexity index is 153. The van der Waals surface area contributed by atoms with Gasteiger partial charge in [-0.15, -0.1) is 0 Å². The number of rotatable bonds is 8. The van der Waals surface area contributed by atoms with E-state index in [2.05, 4.69) is 31.1 Å². The van der Waals surface area contributed by atoms with Crippen LogP contribution in [0.25, 0.3) is 0 Å². The van der Waals surface area contributed by atoms with Crippen LogP contribution in [0.4, 0.5) is 0 Å². The van der Waals surface area contributed by atoms with Crippen molar-refractivity contribution in [2.24, 2.45) is 11.8 Å². The fourth-order valence-corrected chi connectivity index (χ4v) is 1.96. The Hall–Kier alpha value is -0.0800. The van der Waals surface area contributed by atoms with Crippen LogP contribution < -0.4 is 5.32 Å². The van der Waals surface area contributed by atoms with Crippen molar-refractivity contribution in [3.05, 3.63) is 0 Å². The minimum Gasteiger partial charge on any atom is -0.315 e. The molecule has 0 spiro atoms.